The minimum atomic E-state index is -3.60. The lowest BCUT2D eigenvalue weighted by molar-refractivity contribution is 0.0947. The van der Waals surface area contributed by atoms with Crippen molar-refractivity contribution in [2.24, 2.45) is 0 Å². The molecule has 2 fully saturated rings. The van der Waals surface area contributed by atoms with E-state index in [-0.39, 0.29) is 35.9 Å². The van der Waals surface area contributed by atoms with Crippen LogP contribution in [0.25, 0.3) is 0 Å². The summed E-state index contributed by atoms with van der Waals surface area (Å²) in [5, 5.41) is 6.18. The topological polar surface area (TPSA) is 99.8 Å². The molecule has 2 aliphatic heterocycles. The normalized spacial score (nSPS) is 20.5. The number of ether oxygens (including phenoxy) is 1. The summed E-state index contributed by atoms with van der Waals surface area (Å²) in [6, 6.07) is 6.01. The molecule has 0 spiro atoms. The van der Waals surface area contributed by atoms with E-state index in [4.69, 9.17) is 4.74 Å². The van der Waals surface area contributed by atoms with Crippen LogP contribution in [0.5, 0.6) is 0 Å². The second-order valence-corrected chi connectivity index (χ2v) is 8.63. The van der Waals surface area contributed by atoms with Gasteiger partial charge in [-0.15, -0.1) is 12.4 Å². The summed E-state index contributed by atoms with van der Waals surface area (Å²) in [6.07, 6.45) is 1.78. The van der Waals surface area contributed by atoms with E-state index in [9.17, 15) is 13.2 Å². The molecule has 0 aliphatic carbocycles. The van der Waals surface area contributed by atoms with Crippen LogP contribution in [0.2, 0.25) is 0 Å². The highest BCUT2D eigenvalue weighted by molar-refractivity contribution is 7.89. The maximum absolute atomic E-state index is 12.3. The van der Waals surface area contributed by atoms with Crippen LogP contribution < -0.4 is 15.4 Å². The van der Waals surface area contributed by atoms with E-state index in [1.54, 1.807) is 12.1 Å². The van der Waals surface area contributed by atoms with Crippen molar-refractivity contribution in [1.82, 2.24) is 20.3 Å². The Morgan fingerprint density at radius 2 is 1.93 bits per heavy atom. The Balaban J connectivity index is 0.00000280. The SMILES string of the molecule is Cl.O=C(NCCN1CCNCC1)c1ccc(S(=O)(=O)NCC2CCCO2)cc1. The fourth-order valence-electron chi connectivity index (χ4n) is 3.24. The molecule has 8 nitrogen and oxygen atoms in total. The minimum Gasteiger partial charge on any atom is -0.377 e. The molecule has 10 heteroatoms. The Labute approximate surface area is 172 Å². The van der Waals surface area contributed by atoms with Gasteiger partial charge in [-0.3, -0.25) is 9.69 Å². The first kappa shape index (κ1) is 23.1. The Bertz CT molecular complexity index is 718. The third-order valence-corrected chi connectivity index (χ3v) is 6.31. The smallest absolute Gasteiger partial charge is 0.251 e. The number of nitrogens with one attached hydrogen (secondary N) is 3. The first-order valence-corrected chi connectivity index (χ1v) is 11.0. The third-order valence-electron chi connectivity index (χ3n) is 4.88. The Morgan fingerprint density at radius 3 is 2.57 bits per heavy atom. The summed E-state index contributed by atoms with van der Waals surface area (Å²) >= 11 is 0. The van der Waals surface area contributed by atoms with Crippen molar-refractivity contribution in [3.63, 3.8) is 0 Å². The molecule has 1 unspecified atom stereocenters. The second-order valence-electron chi connectivity index (χ2n) is 6.86. The summed E-state index contributed by atoms with van der Waals surface area (Å²) < 4.78 is 32.7. The quantitative estimate of drug-likeness (QED) is 0.542. The van der Waals surface area contributed by atoms with Crippen LogP contribution in [0.15, 0.2) is 29.2 Å². The fraction of sp³-hybridized carbons (Fsp3) is 0.611. The van der Waals surface area contributed by atoms with Crippen molar-refractivity contribution >= 4 is 28.3 Å². The van der Waals surface area contributed by atoms with Gasteiger partial charge in [-0.05, 0) is 37.1 Å². The zero-order valence-corrected chi connectivity index (χ0v) is 17.5. The number of hydrogen-bond acceptors (Lipinski definition) is 6. The van der Waals surface area contributed by atoms with Gasteiger partial charge in [0.25, 0.3) is 5.91 Å². The van der Waals surface area contributed by atoms with Crippen LogP contribution in [0.1, 0.15) is 23.2 Å². The van der Waals surface area contributed by atoms with E-state index in [2.05, 4.69) is 20.3 Å². The van der Waals surface area contributed by atoms with Crippen molar-refractivity contribution in [3.05, 3.63) is 29.8 Å². The molecule has 1 atom stereocenters. The lowest BCUT2D eigenvalue weighted by Gasteiger charge is -2.27. The van der Waals surface area contributed by atoms with Crippen LogP contribution >= 0.6 is 12.4 Å². The van der Waals surface area contributed by atoms with Gasteiger partial charge < -0.3 is 15.4 Å². The maximum atomic E-state index is 12.3. The van der Waals surface area contributed by atoms with E-state index in [0.717, 1.165) is 45.6 Å². The van der Waals surface area contributed by atoms with Gasteiger partial charge in [-0.25, -0.2) is 13.1 Å². The predicted molar refractivity (Wildman–Crippen MR) is 109 cm³/mol. The van der Waals surface area contributed by atoms with Crippen LogP contribution in [0.4, 0.5) is 0 Å². The molecule has 1 aromatic carbocycles. The van der Waals surface area contributed by atoms with Crippen molar-refractivity contribution in [2.45, 2.75) is 23.8 Å². The molecule has 0 aromatic heterocycles. The molecule has 2 heterocycles. The molecule has 0 radical (unpaired) electrons. The molecule has 158 valence electrons. The lowest BCUT2D eigenvalue weighted by atomic mass is 10.2. The Hall–Kier alpha value is -1.23. The van der Waals surface area contributed by atoms with Crippen LogP contribution in [-0.4, -0.2) is 77.7 Å². The maximum Gasteiger partial charge on any atom is 0.251 e. The predicted octanol–water partition coefficient (Wildman–Crippen LogP) is 0.201. The molecule has 2 aliphatic rings. The zero-order valence-electron chi connectivity index (χ0n) is 15.9. The van der Waals surface area contributed by atoms with E-state index in [1.807, 2.05) is 0 Å². The van der Waals surface area contributed by atoms with Gasteiger partial charge in [0.1, 0.15) is 0 Å². The molecule has 28 heavy (non-hydrogen) atoms. The van der Waals surface area contributed by atoms with Crippen LogP contribution in [0, 0.1) is 0 Å². The number of halogens is 1. The van der Waals surface area contributed by atoms with Gasteiger partial charge in [-0.1, -0.05) is 0 Å². The van der Waals surface area contributed by atoms with E-state index in [0.29, 0.717) is 18.7 Å². The molecule has 3 rings (SSSR count). The summed E-state index contributed by atoms with van der Waals surface area (Å²) in [7, 11) is -3.60. The number of sulfonamides is 1. The molecule has 1 aromatic rings. The number of carbonyl (C=O) groups excluding carboxylic acids is 1. The first-order valence-electron chi connectivity index (χ1n) is 9.47. The van der Waals surface area contributed by atoms with Crippen LogP contribution in [-0.2, 0) is 14.8 Å². The second kappa shape index (κ2) is 11.1. The molecule has 1 amide bonds. The summed E-state index contributed by atoms with van der Waals surface area (Å²) in [6.45, 7) is 6.27. The van der Waals surface area contributed by atoms with Gasteiger partial charge in [-0.2, -0.15) is 0 Å². The molecule has 0 bridgehead atoms. The number of benzene rings is 1. The van der Waals surface area contributed by atoms with Crippen LogP contribution in [0.3, 0.4) is 0 Å². The lowest BCUT2D eigenvalue weighted by Crippen LogP contribution is -2.46. The highest BCUT2D eigenvalue weighted by Crippen LogP contribution is 2.14. The average Bonchev–Trinajstić information content (AvgIpc) is 3.21. The third kappa shape index (κ3) is 6.68. The fourth-order valence-corrected chi connectivity index (χ4v) is 4.31. The van der Waals surface area contributed by atoms with Crippen molar-refractivity contribution in [3.8, 4) is 0 Å². The van der Waals surface area contributed by atoms with Gasteiger partial charge in [0.15, 0.2) is 0 Å². The van der Waals surface area contributed by atoms with Gasteiger partial charge in [0.2, 0.25) is 10.0 Å². The zero-order chi connectivity index (χ0) is 19.1. The number of rotatable bonds is 8. The molecule has 2 saturated heterocycles. The highest BCUT2D eigenvalue weighted by atomic mass is 35.5. The number of hydrogen-bond donors (Lipinski definition) is 3. The number of nitrogens with zero attached hydrogens (tertiary/aromatic N) is 1. The first-order chi connectivity index (χ1) is 13.0. The number of piperazine rings is 1. The summed E-state index contributed by atoms with van der Waals surface area (Å²) in [5.74, 6) is -0.193. The van der Waals surface area contributed by atoms with Crippen molar-refractivity contribution in [1.29, 1.82) is 0 Å². The summed E-state index contributed by atoms with van der Waals surface area (Å²) in [4.78, 5) is 14.7. The standard InChI is InChI=1S/C18H28N4O4S.ClH/c23-18(20-9-12-22-10-7-19-8-11-22)15-3-5-17(6-4-15)27(24,25)21-14-16-2-1-13-26-16;/h3-6,16,19,21H,1-2,7-14H2,(H,20,23);1H. The van der Waals surface area contributed by atoms with Gasteiger partial charge >= 0.3 is 0 Å². The molecular formula is C18H29ClN4O4S. The largest absolute Gasteiger partial charge is 0.377 e. The molecule has 0 saturated carbocycles. The van der Waals surface area contributed by atoms with Crippen molar-refractivity contribution in [2.75, 3.05) is 52.4 Å². The van der Waals surface area contributed by atoms with Crippen molar-refractivity contribution < 1.29 is 17.9 Å². The highest BCUT2D eigenvalue weighted by Gasteiger charge is 2.20. The molecular weight excluding hydrogens is 404 g/mol. The average molecular weight is 433 g/mol. The number of amides is 1. The number of carbonyl (C=O) groups is 1. The Morgan fingerprint density at radius 1 is 1.21 bits per heavy atom. The Kier molecular flexibility index (Phi) is 9.13. The molecule has 3 N–H and O–H groups in total. The summed E-state index contributed by atoms with van der Waals surface area (Å²) in [5.41, 5.74) is 0.452. The van der Waals surface area contributed by atoms with E-state index in [1.165, 1.54) is 12.1 Å². The van der Waals surface area contributed by atoms with Gasteiger partial charge in [0.05, 0.1) is 11.0 Å². The van der Waals surface area contributed by atoms with E-state index < -0.39 is 10.0 Å². The monoisotopic (exact) mass is 432 g/mol. The van der Waals surface area contributed by atoms with Gasteiger partial charge in [0, 0.05) is 58.0 Å². The van der Waals surface area contributed by atoms with E-state index >= 15 is 0 Å². The minimum absolute atomic E-state index is 0.